The van der Waals surface area contributed by atoms with Gasteiger partial charge in [-0.3, -0.25) is 9.97 Å². The number of hydrogen-bond donors (Lipinski definition) is 0. The average Bonchev–Trinajstić information content (AvgIpc) is 2.98. The molecule has 0 bridgehead atoms. The number of aromatic nitrogens is 2. The molecule has 7 heteroatoms. The molecule has 0 spiro atoms. The van der Waals surface area contributed by atoms with E-state index < -0.39 is 0 Å². The van der Waals surface area contributed by atoms with Crippen molar-refractivity contribution in [3.63, 3.8) is 0 Å². The molecule has 2 aromatic carbocycles. The Hall–Kier alpha value is -3.03. The molecule has 0 N–H and O–H groups in total. The van der Waals surface area contributed by atoms with Crippen LogP contribution in [0.15, 0.2) is 85.2 Å². The molecule has 0 aliphatic rings. The summed E-state index contributed by atoms with van der Waals surface area (Å²) in [6, 6.07) is 22.3. The Morgan fingerprint density at radius 2 is 0.744 bits per heavy atom. The van der Waals surface area contributed by atoms with Crippen LogP contribution in [0.25, 0.3) is 0 Å². The van der Waals surface area contributed by atoms with Crippen molar-refractivity contribution in [2.45, 2.75) is 92.3 Å². The maximum atomic E-state index is 11.9. The van der Waals surface area contributed by atoms with Crippen LogP contribution in [0.1, 0.15) is 113 Å². The molecule has 0 amide bonds. The van der Waals surface area contributed by atoms with Crippen LogP contribution in [-0.4, -0.2) is 9.97 Å². The quantitative estimate of drug-likeness (QED) is 0.249. The van der Waals surface area contributed by atoms with Crippen molar-refractivity contribution in [3.05, 3.63) is 119 Å². The predicted octanol–water partition coefficient (Wildman–Crippen LogP) is 5.90. The van der Waals surface area contributed by atoms with Crippen molar-refractivity contribution in [2.24, 2.45) is 0 Å². The fraction of sp³-hybridized carbons (Fsp3) is 0.389. The second kappa shape index (κ2) is 21.6. The van der Waals surface area contributed by atoms with Crippen LogP contribution in [0.5, 0.6) is 11.5 Å². The first-order valence-electron chi connectivity index (χ1n) is 14.5. The zero-order valence-electron chi connectivity index (χ0n) is 26.8. The minimum Gasteiger partial charge on any atom is -0.872 e. The molecule has 0 saturated heterocycles. The van der Waals surface area contributed by atoms with Crippen molar-refractivity contribution < 1.29 is 42.1 Å². The number of pyridine rings is 2. The Morgan fingerprint density at radius 3 is 0.907 bits per heavy atom. The van der Waals surface area contributed by atoms with Gasteiger partial charge in [-0.15, -0.1) is 11.5 Å². The zero-order valence-corrected chi connectivity index (χ0v) is 28.4. The molecule has 0 aliphatic carbocycles. The van der Waals surface area contributed by atoms with E-state index in [1.165, 1.54) is 0 Å². The van der Waals surface area contributed by atoms with Gasteiger partial charge in [0.1, 0.15) is 0 Å². The SMILES string of the molecule is CC(C)c1cccc(C(C)C)c1[O-].CC(C)c1cccc(C(C)C)c1[O-].[O-]Cc1ccccn1.[O-]Cc1ccccn1.[Ti+4]. The molecule has 2 aromatic heterocycles. The van der Waals surface area contributed by atoms with E-state index >= 15 is 0 Å². The summed E-state index contributed by atoms with van der Waals surface area (Å²) in [7, 11) is 0. The first-order chi connectivity index (χ1) is 19.9. The van der Waals surface area contributed by atoms with Gasteiger partial charge in [-0.1, -0.05) is 139 Å². The average molecular weight is 619 g/mol. The van der Waals surface area contributed by atoms with Gasteiger partial charge in [0.15, 0.2) is 0 Å². The van der Waals surface area contributed by atoms with Crippen LogP contribution in [-0.2, 0) is 34.9 Å². The molecule has 0 fully saturated rings. The first kappa shape index (κ1) is 40.0. The largest absolute Gasteiger partial charge is 4.00 e. The van der Waals surface area contributed by atoms with Gasteiger partial charge in [0.25, 0.3) is 0 Å². The van der Waals surface area contributed by atoms with Crippen molar-refractivity contribution in [1.82, 2.24) is 9.97 Å². The van der Waals surface area contributed by atoms with E-state index in [0.717, 1.165) is 22.3 Å². The summed E-state index contributed by atoms with van der Waals surface area (Å²) in [6.07, 6.45) is 3.24. The van der Waals surface area contributed by atoms with Crippen LogP contribution in [0.4, 0.5) is 0 Å². The summed E-state index contributed by atoms with van der Waals surface area (Å²) in [5, 5.41) is 43.8. The number of nitrogens with zero attached hydrogens (tertiary/aromatic N) is 2. The predicted molar refractivity (Wildman–Crippen MR) is 164 cm³/mol. The topological polar surface area (TPSA) is 118 Å². The van der Waals surface area contributed by atoms with Crippen LogP contribution in [0.2, 0.25) is 0 Å². The van der Waals surface area contributed by atoms with Gasteiger partial charge >= 0.3 is 21.7 Å². The van der Waals surface area contributed by atoms with E-state index in [1.54, 1.807) is 48.8 Å². The van der Waals surface area contributed by atoms with E-state index in [0.29, 0.717) is 35.1 Å². The summed E-state index contributed by atoms with van der Waals surface area (Å²) in [5.41, 5.74) is 4.95. The Balaban J connectivity index is 0.000000556. The maximum Gasteiger partial charge on any atom is 4.00 e. The zero-order chi connectivity index (χ0) is 31.7. The third kappa shape index (κ3) is 14.3. The summed E-state index contributed by atoms with van der Waals surface area (Å²) < 4.78 is 0. The Labute approximate surface area is 273 Å². The van der Waals surface area contributed by atoms with Crippen LogP contribution in [0, 0.1) is 0 Å². The Kier molecular flexibility index (Phi) is 20.1. The van der Waals surface area contributed by atoms with Gasteiger partial charge in [0, 0.05) is 23.8 Å². The number of hydrogen-bond acceptors (Lipinski definition) is 6. The first-order valence-corrected chi connectivity index (χ1v) is 14.5. The molecule has 4 rings (SSSR count). The van der Waals surface area contributed by atoms with Crippen molar-refractivity contribution in [3.8, 4) is 11.5 Å². The molecule has 0 aliphatic heterocycles. The van der Waals surface area contributed by atoms with Crippen molar-refractivity contribution in [1.29, 1.82) is 0 Å². The monoisotopic (exact) mass is 618 g/mol. The molecule has 6 nitrogen and oxygen atoms in total. The Bertz CT molecular complexity index is 1130. The second-order valence-corrected chi connectivity index (χ2v) is 11.1. The van der Waals surface area contributed by atoms with Gasteiger partial charge in [-0.2, -0.15) is 0 Å². The summed E-state index contributed by atoms with van der Waals surface area (Å²) in [6.45, 7) is 16.0. The van der Waals surface area contributed by atoms with Crippen LogP contribution >= 0.6 is 0 Å². The third-order valence-corrected chi connectivity index (χ3v) is 6.39. The van der Waals surface area contributed by atoms with Crippen LogP contribution < -0.4 is 20.4 Å². The Morgan fingerprint density at radius 1 is 0.465 bits per heavy atom. The van der Waals surface area contributed by atoms with Crippen LogP contribution in [0.3, 0.4) is 0 Å². The van der Waals surface area contributed by atoms with Gasteiger partial charge < -0.3 is 20.4 Å². The number of benzene rings is 2. The van der Waals surface area contributed by atoms with Crippen molar-refractivity contribution >= 4 is 0 Å². The van der Waals surface area contributed by atoms with Crippen molar-refractivity contribution in [2.75, 3.05) is 0 Å². The van der Waals surface area contributed by atoms with E-state index in [1.807, 2.05) is 36.4 Å². The molecule has 0 radical (unpaired) electrons. The standard InChI is InChI=1S/2C12H18O.2C6H6NO.Ti/c2*1-8(2)10-6-5-7-11(9(3)4)12(10)13;2*8-5-6-3-1-2-4-7-6;/h2*5-9,13H,1-4H3;2*1-4H,5H2;/q;;2*-1;+4/p-2. The molecule has 0 unspecified atom stereocenters. The molecule has 43 heavy (non-hydrogen) atoms. The van der Waals surface area contributed by atoms with Gasteiger partial charge in [0.2, 0.25) is 0 Å². The van der Waals surface area contributed by atoms with E-state index in [4.69, 9.17) is 0 Å². The maximum absolute atomic E-state index is 11.9. The number of rotatable bonds is 6. The molecule has 0 saturated carbocycles. The molecule has 0 atom stereocenters. The molecular weight excluding hydrogens is 572 g/mol. The molecule has 2 heterocycles. The van der Waals surface area contributed by atoms with Gasteiger partial charge in [-0.25, -0.2) is 0 Å². The van der Waals surface area contributed by atoms with E-state index in [2.05, 4.69) is 65.4 Å². The molecule has 4 aromatic rings. The second-order valence-electron chi connectivity index (χ2n) is 11.1. The minimum absolute atomic E-state index is 0. The molecular formula is C36H46N2O4Ti. The van der Waals surface area contributed by atoms with E-state index in [-0.39, 0.29) is 46.4 Å². The fourth-order valence-corrected chi connectivity index (χ4v) is 3.93. The van der Waals surface area contributed by atoms with Gasteiger partial charge in [-0.05, 0) is 47.9 Å². The van der Waals surface area contributed by atoms with Gasteiger partial charge in [0.05, 0.1) is 0 Å². The number of para-hydroxylation sites is 2. The normalized spacial score (nSPS) is 10.2. The summed E-state index contributed by atoms with van der Waals surface area (Å²) in [4.78, 5) is 7.57. The fourth-order valence-electron chi connectivity index (χ4n) is 3.93. The van der Waals surface area contributed by atoms with E-state index in [9.17, 15) is 20.4 Å². The third-order valence-electron chi connectivity index (χ3n) is 6.39. The molecule has 228 valence electrons. The smallest absolute Gasteiger partial charge is 0.872 e. The summed E-state index contributed by atoms with van der Waals surface area (Å²) in [5.74, 6) is 1.76. The minimum atomic E-state index is -0.221. The summed E-state index contributed by atoms with van der Waals surface area (Å²) >= 11 is 0.